The van der Waals surface area contributed by atoms with E-state index in [2.05, 4.69) is 5.32 Å². The number of nitrogens with one attached hydrogen (secondary N) is 1. The number of carbonyl (C=O) groups is 1. The van der Waals surface area contributed by atoms with Gasteiger partial charge in [-0.25, -0.2) is 12.8 Å². The minimum atomic E-state index is -3.72. The highest BCUT2D eigenvalue weighted by molar-refractivity contribution is 7.89. The summed E-state index contributed by atoms with van der Waals surface area (Å²) in [5.74, 6) is -0.587. The number of amides is 1. The van der Waals surface area contributed by atoms with E-state index in [9.17, 15) is 17.6 Å². The lowest BCUT2D eigenvalue weighted by Gasteiger charge is -2.30. The predicted octanol–water partition coefficient (Wildman–Crippen LogP) is 3.02. The molecule has 1 aromatic rings. The molecule has 5 nitrogen and oxygen atoms in total. The smallest absolute Gasteiger partial charge is 0.254 e. The van der Waals surface area contributed by atoms with Crippen LogP contribution in [0.2, 0.25) is 0 Å². The minimum Gasteiger partial charge on any atom is -0.352 e. The van der Waals surface area contributed by atoms with E-state index in [1.54, 1.807) is 0 Å². The predicted molar refractivity (Wildman–Crippen MR) is 95.3 cm³/mol. The lowest BCUT2D eigenvalue weighted by Crippen LogP contribution is -2.39. The van der Waals surface area contributed by atoms with Crippen LogP contribution in [0.1, 0.15) is 50.4 Å². The fourth-order valence-electron chi connectivity index (χ4n) is 2.92. The summed E-state index contributed by atoms with van der Waals surface area (Å²) in [7, 11) is -3.72. The number of hydrogen-bond acceptors (Lipinski definition) is 3. The summed E-state index contributed by atoms with van der Waals surface area (Å²) in [5.41, 5.74) is -0.227. The number of hydrogen-bond donors (Lipinski definition) is 1. The number of sulfonamides is 1. The van der Waals surface area contributed by atoms with Crippen LogP contribution in [0, 0.1) is 17.7 Å². The molecule has 1 saturated heterocycles. The lowest BCUT2D eigenvalue weighted by atomic mass is 10.0. The minimum absolute atomic E-state index is 0.0305. The Hall–Kier alpha value is -1.47. The summed E-state index contributed by atoms with van der Waals surface area (Å²) in [6, 6.07) is 3.43. The van der Waals surface area contributed by atoms with E-state index in [1.807, 2.05) is 20.8 Å². The maximum Gasteiger partial charge on any atom is 0.254 e. The summed E-state index contributed by atoms with van der Waals surface area (Å²) >= 11 is 0. The Kier molecular flexibility index (Phi) is 6.57. The molecule has 0 radical (unpaired) electrons. The highest BCUT2D eigenvalue weighted by Gasteiger charge is 2.29. The molecular weight excluding hydrogens is 343 g/mol. The number of nitrogens with zero attached hydrogens (tertiary/aromatic N) is 1. The third-order valence-electron chi connectivity index (χ3n) is 4.45. The number of carbonyl (C=O) groups excluding carboxylic acids is 1. The maximum atomic E-state index is 14.0. The summed E-state index contributed by atoms with van der Waals surface area (Å²) in [6.07, 6.45) is 2.58. The third kappa shape index (κ3) is 5.01. The second kappa shape index (κ2) is 8.27. The molecule has 0 saturated carbocycles. The molecule has 0 bridgehead atoms. The van der Waals surface area contributed by atoms with Gasteiger partial charge in [0.05, 0.1) is 10.5 Å². The average Bonchev–Trinajstić information content (AvgIpc) is 2.54. The molecule has 1 aliphatic rings. The monoisotopic (exact) mass is 370 g/mol. The van der Waals surface area contributed by atoms with Gasteiger partial charge in [-0.3, -0.25) is 4.79 Å². The van der Waals surface area contributed by atoms with Gasteiger partial charge in [0.25, 0.3) is 5.91 Å². The fourth-order valence-corrected chi connectivity index (χ4v) is 4.55. The first-order valence-electron chi connectivity index (χ1n) is 8.79. The molecule has 1 fully saturated rings. The van der Waals surface area contributed by atoms with Crippen molar-refractivity contribution in [3.63, 3.8) is 0 Å². The summed E-state index contributed by atoms with van der Waals surface area (Å²) in [6.45, 7) is 7.41. The van der Waals surface area contributed by atoms with Crippen molar-refractivity contribution in [1.29, 1.82) is 0 Å². The molecule has 2 rings (SSSR count). The molecule has 140 valence electrons. The maximum absolute atomic E-state index is 14.0. The van der Waals surface area contributed by atoms with Gasteiger partial charge in [-0.1, -0.05) is 20.8 Å². The van der Waals surface area contributed by atoms with Gasteiger partial charge in [0.2, 0.25) is 10.0 Å². The second-order valence-electron chi connectivity index (χ2n) is 7.19. The van der Waals surface area contributed by atoms with Gasteiger partial charge in [-0.05, 0) is 49.3 Å². The van der Waals surface area contributed by atoms with Crippen molar-refractivity contribution in [2.45, 2.75) is 44.9 Å². The number of rotatable bonds is 6. The first-order chi connectivity index (χ1) is 11.7. The van der Waals surface area contributed by atoms with Crippen LogP contribution in [0.5, 0.6) is 0 Å². The highest BCUT2D eigenvalue weighted by Crippen LogP contribution is 2.24. The van der Waals surface area contributed by atoms with E-state index >= 15 is 0 Å². The van der Waals surface area contributed by atoms with Gasteiger partial charge in [0.15, 0.2) is 0 Å². The zero-order valence-corrected chi connectivity index (χ0v) is 15.9. The van der Waals surface area contributed by atoms with Crippen LogP contribution in [0.15, 0.2) is 23.1 Å². The molecule has 1 atom stereocenters. The van der Waals surface area contributed by atoms with Crippen LogP contribution in [-0.4, -0.2) is 38.3 Å². The summed E-state index contributed by atoms with van der Waals surface area (Å²) < 4.78 is 41.0. The average molecular weight is 370 g/mol. The normalized spacial score (nSPS) is 19.2. The molecule has 7 heteroatoms. The van der Waals surface area contributed by atoms with E-state index < -0.39 is 21.7 Å². The first-order valence-corrected chi connectivity index (χ1v) is 10.2. The molecular formula is C18H27FN2O3S. The van der Waals surface area contributed by atoms with Crippen LogP contribution in [0.3, 0.4) is 0 Å². The van der Waals surface area contributed by atoms with E-state index in [1.165, 1.54) is 10.4 Å². The molecule has 1 aromatic carbocycles. The molecule has 0 aromatic heterocycles. The van der Waals surface area contributed by atoms with Crippen molar-refractivity contribution in [3.05, 3.63) is 29.6 Å². The van der Waals surface area contributed by atoms with Crippen LogP contribution in [-0.2, 0) is 10.0 Å². The Morgan fingerprint density at radius 2 is 2.12 bits per heavy atom. The first kappa shape index (κ1) is 19.8. The Balaban J connectivity index is 2.21. The number of piperidine rings is 1. The summed E-state index contributed by atoms with van der Waals surface area (Å²) in [4.78, 5) is 12.2. The van der Waals surface area contributed by atoms with Crippen molar-refractivity contribution in [3.8, 4) is 0 Å². The third-order valence-corrected chi connectivity index (χ3v) is 6.31. The lowest BCUT2D eigenvalue weighted by molar-refractivity contribution is 0.0947. The van der Waals surface area contributed by atoms with Crippen molar-refractivity contribution in [2.75, 3.05) is 19.6 Å². The van der Waals surface area contributed by atoms with Crippen molar-refractivity contribution < 1.29 is 17.6 Å². The van der Waals surface area contributed by atoms with Gasteiger partial charge >= 0.3 is 0 Å². The zero-order chi connectivity index (χ0) is 18.6. The second-order valence-corrected chi connectivity index (χ2v) is 9.13. The Morgan fingerprint density at radius 1 is 1.40 bits per heavy atom. The van der Waals surface area contributed by atoms with E-state index in [0.717, 1.165) is 31.4 Å². The molecule has 0 aliphatic carbocycles. The van der Waals surface area contributed by atoms with E-state index in [-0.39, 0.29) is 10.5 Å². The van der Waals surface area contributed by atoms with Gasteiger partial charge in [-0.15, -0.1) is 0 Å². The molecule has 1 aliphatic heterocycles. The largest absolute Gasteiger partial charge is 0.352 e. The molecule has 1 N–H and O–H groups in total. The van der Waals surface area contributed by atoms with Crippen LogP contribution in [0.4, 0.5) is 4.39 Å². The zero-order valence-electron chi connectivity index (χ0n) is 15.1. The van der Waals surface area contributed by atoms with E-state index in [4.69, 9.17) is 0 Å². The standard InChI is InChI=1S/C18H27FN2O3S/c1-13(2)8-9-20-18(22)16-11-15(6-7-17(16)19)25(23,24)21-10-4-5-14(3)12-21/h6-7,11,13-14H,4-5,8-10,12H2,1-3H3,(H,20,22)/t14-/m1/s1. The Labute approximate surface area is 149 Å². The quantitative estimate of drug-likeness (QED) is 0.837. The SMILES string of the molecule is CC(C)CCNC(=O)c1cc(S(=O)(=O)N2CCC[C@@H](C)C2)ccc1F. The van der Waals surface area contributed by atoms with Crippen molar-refractivity contribution in [2.24, 2.45) is 11.8 Å². The van der Waals surface area contributed by atoms with Crippen LogP contribution >= 0.6 is 0 Å². The molecule has 0 unspecified atom stereocenters. The number of halogens is 1. The van der Waals surface area contributed by atoms with Gasteiger partial charge in [0, 0.05) is 19.6 Å². The van der Waals surface area contributed by atoms with Gasteiger partial charge < -0.3 is 5.32 Å². The van der Waals surface area contributed by atoms with Crippen molar-refractivity contribution in [1.82, 2.24) is 9.62 Å². The van der Waals surface area contributed by atoms with Crippen LogP contribution < -0.4 is 5.32 Å². The van der Waals surface area contributed by atoms with Gasteiger partial charge in [-0.2, -0.15) is 4.31 Å². The van der Waals surface area contributed by atoms with Gasteiger partial charge in [0.1, 0.15) is 5.82 Å². The highest BCUT2D eigenvalue weighted by atomic mass is 32.2. The topological polar surface area (TPSA) is 66.5 Å². The van der Waals surface area contributed by atoms with Crippen LogP contribution in [0.25, 0.3) is 0 Å². The number of benzene rings is 1. The molecule has 0 spiro atoms. The molecule has 1 amide bonds. The van der Waals surface area contributed by atoms with Crippen molar-refractivity contribution >= 4 is 15.9 Å². The molecule has 25 heavy (non-hydrogen) atoms. The fraction of sp³-hybridized carbons (Fsp3) is 0.611. The Morgan fingerprint density at radius 3 is 2.76 bits per heavy atom. The summed E-state index contributed by atoms with van der Waals surface area (Å²) in [5, 5.41) is 2.65. The molecule has 1 heterocycles. The Bertz CT molecular complexity index is 719. The van der Waals surface area contributed by atoms with E-state index in [0.29, 0.717) is 31.5 Å².